The van der Waals surface area contributed by atoms with Gasteiger partial charge >= 0.3 is 17.9 Å². The molecule has 0 radical (unpaired) electrons. The van der Waals surface area contributed by atoms with E-state index in [4.69, 9.17) is 14.2 Å². The van der Waals surface area contributed by atoms with Gasteiger partial charge < -0.3 is 14.2 Å². The summed E-state index contributed by atoms with van der Waals surface area (Å²) in [6, 6.07) is 0. The van der Waals surface area contributed by atoms with Crippen molar-refractivity contribution in [3.8, 4) is 0 Å². The summed E-state index contributed by atoms with van der Waals surface area (Å²) in [6.45, 7) is 6.56. The third-order valence-electron chi connectivity index (χ3n) is 16.1. The maximum Gasteiger partial charge on any atom is 0.306 e. The molecule has 0 aliphatic heterocycles. The van der Waals surface area contributed by atoms with Gasteiger partial charge in [-0.05, 0) is 77.0 Å². The van der Waals surface area contributed by atoms with Gasteiger partial charge in [-0.1, -0.05) is 339 Å². The molecule has 0 aromatic rings. The molecule has 0 N–H and O–H groups in total. The van der Waals surface area contributed by atoms with Crippen LogP contribution in [0.2, 0.25) is 0 Å². The van der Waals surface area contributed by atoms with Crippen LogP contribution in [0.25, 0.3) is 0 Å². The minimum Gasteiger partial charge on any atom is -0.462 e. The number of hydrogen-bond donors (Lipinski definition) is 0. The lowest BCUT2D eigenvalue weighted by Crippen LogP contribution is -2.30. The molecule has 0 fully saturated rings. The number of carbonyl (C=O) groups is 3. The average Bonchev–Trinajstić information content (AvgIpc) is 3.46. The molecule has 0 aliphatic rings. The van der Waals surface area contributed by atoms with Crippen LogP contribution in [0.1, 0.15) is 387 Å². The minimum absolute atomic E-state index is 0.0793. The Morgan fingerprint density at radius 1 is 0.263 bits per heavy atom. The van der Waals surface area contributed by atoms with Gasteiger partial charge in [-0.15, -0.1) is 0 Å². The first-order chi connectivity index (χ1) is 39.5. The topological polar surface area (TPSA) is 78.9 Å². The van der Waals surface area contributed by atoms with Crippen molar-refractivity contribution in [2.45, 2.75) is 393 Å². The number of esters is 3. The van der Waals surface area contributed by atoms with Crippen LogP contribution in [0.4, 0.5) is 0 Å². The van der Waals surface area contributed by atoms with Gasteiger partial charge in [0.05, 0.1) is 0 Å². The second-order valence-corrected chi connectivity index (χ2v) is 24.1. The largest absolute Gasteiger partial charge is 0.462 e. The Labute approximate surface area is 498 Å². The molecule has 0 aromatic heterocycles. The zero-order valence-corrected chi connectivity index (χ0v) is 53.9. The summed E-state index contributed by atoms with van der Waals surface area (Å²) in [4.78, 5) is 38.3. The van der Waals surface area contributed by atoms with E-state index in [1.807, 2.05) is 0 Å². The van der Waals surface area contributed by atoms with Crippen molar-refractivity contribution < 1.29 is 28.6 Å². The average molecular weight is 1120 g/mol. The molecule has 0 saturated heterocycles. The third kappa shape index (κ3) is 66.2. The number of rotatable bonds is 66. The molecule has 0 saturated carbocycles. The number of allylic oxidation sites excluding steroid dienone is 8. The standard InChI is InChI=1S/C74H136O6/c1-4-7-10-13-16-19-22-25-28-29-30-31-32-33-34-35-36-37-38-39-40-41-42-43-44-45-47-49-52-55-58-61-64-67-73(76)79-70-71(69-78-72(75)66-63-60-57-54-51-48-27-24-21-18-15-12-9-6-3)80-74(77)68-65-62-59-56-53-50-46-26-23-20-17-14-11-8-5-2/h8,11,17,20,24,26-27,46,71H,4-7,9-10,12-16,18-19,21-23,25,28-45,47-70H2,1-3H3/b11-8-,20-17-,27-24-,46-26-. The summed E-state index contributed by atoms with van der Waals surface area (Å²) >= 11 is 0. The molecule has 468 valence electrons. The van der Waals surface area contributed by atoms with E-state index >= 15 is 0 Å². The fourth-order valence-corrected chi connectivity index (χ4v) is 10.8. The van der Waals surface area contributed by atoms with Crippen LogP contribution < -0.4 is 0 Å². The number of hydrogen-bond acceptors (Lipinski definition) is 6. The van der Waals surface area contributed by atoms with Crippen molar-refractivity contribution in [2.24, 2.45) is 0 Å². The zero-order chi connectivity index (χ0) is 57.8. The van der Waals surface area contributed by atoms with E-state index in [9.17, 15) is 14.4 Å². The quantitative estimate of drug-likeness (QED) is 0.0261. The molecule has 6 heteroatoms. The highest BCUT2D eigenvalue weighted by Gasteiger charge is 2.19. The van der Waals surface area contributed by atoms with E-state index in [1.54, 1.807) is 0 Å². The van der Waals surface area contributed by atoms with Gasteiger partial charge in [0.1, 0.15) is 13.2 Å². The Bertz CT molecular complexity index is 1380. The molecule has 1 atom stereocenters. The van der Waals surface area contributed by atoms with E-state index in [0.717, 1.165) is 103 Å². The minimum atomic E-state index is -0.785. The maximum absolute atomic E-state index is 12.9. The van der Waals surface area contributed by atoms with Gasteiger partial charge in [-0.2, -0.15) is 0 Å². The molecule has 0 spiro atoms. The molecule has 0 bridgehead atoms. The van der Waals surface area contributed by atoms with Gasteiger partial charge in [-0.3, -0.25) is 14.4 Å². The summed E-state index contributed by atoms with van der Waals surface area (Å²) in [5.74, 6) is -0.884. The van der Waals surface area contributed by atoms with Crippen LogP contribution >= 0.6 is 0 Å². The molecule has 1 unspecified atom stereocenters. The van der Waals surface area contributed by atoms with Crippen LogP contribution in [0.3, 0.4) is 0 Å². The van der Waals surface area contributed by atoms with Gasteiger partial charge in [-0.25, -0.2) is 0 Å². The van der Waals surface area contributed by atoms with Crippen LogP contribution in [0.15, 0.2) is 48.6 Å². The summed E-state index contributed by atoms with van der Waals surface area (Å²) in [5, 5.41) is 0. The number of unbranched alkanes of at least 4 members (excludes halogenated alkanes) is 47. The fourth-order valence-electron chi connectivity index (χ4n) is 10.8. The lowest BCUT2D eigenvalue weighted by atomic mass is 10.0. The summed E-state index contributed by atoms with van der Waals surface area (Å²) in [5.41, 5.74) is 0. The highest BCUT2D eigenvalue weighted by Crippen LogP contribution is 2.19. The molecule has 6 nitrogen and oxygen atoms in total. The zero-order valence-electron chi connectivity index (χ0n) is 53.9. The van der Waals surface area contributed by atoms with Crippen molar-refractivity contribution in [3.05, 3.63) is 48.6 Å². The monoisotopic (exact) mass is 1120 g/mol. The summed E-state index contributed by atoms with van der Waals surface area (Å²) in [7, 11) is 0. The number of carbonyl (C=O) groups excluding carboxylic acids is 3. The van der Waals surface area contributed by atoms with Crippen LogP contribution in [0, 0.1) is 0 Å². The van der Waals surface area contributed by atoms with Crippen LogP contribution in [0.5, 0.6) is 0 Å². The maximum atomic E-state index is 12.9. The van der Waals surface area contributed by atoms with Crippen molar-refractivity contribution in [3.63, 3.8) is 0 Å². The van der Waals surface area contributed by atoms with E-state index in [0.29, 0.717) is 19.3 Å². The highest BCUT2D eigenvalue weighted by atomic mass is 16.6. The van der Waals surface area contributed by atoms with Crippen LogP contribution in [-0.4, -0.2) is 37.2 Å². The Balaban J connectivity index is 4.10. The van der Waals surface area contributed by atoms with E-state index in [1.165, 1.54) is 244 Å². The molecule has 80 heavy (non-hydrogen) atoms. The Morgan fingerprint density at radius 2 is 0.487 bits per heavy atom. The highest BCUT2D eigenvalue weighted by molar-refractivity contribution is 5.71. The first-order valence-corrected chi connectivity index (χ1v) is 35.6. The van der Waals surface area contributed by atoms with Gasteiger partial charge in [0.15, 0.2) is 6.10 Å². The van der Waals surface area contributed by atoms with Gasteiger partial charge in [0.25, 0.3) is 0 Å². The van der Waals surface area contributed by atoms with Crippen molar-refractivity contribution in [1.82, 2.24) is 0 Å². The summed E-state index contributed by atoms with van der Waals surface area (Å²) in [6.07, 6.45) is 87.4. The Morgan fingerprint density at radius 3 is 0.775 bits per heavy atom. The van der Waals surface area contributed by atoms with Crippen molar-refractivity contribution in [1.29, 1.82) is 0 Å². The normalized spacial score (nSPS) is 12.3. The fraction of sp³-hybridized carbons (Fsp3) is 0.851. The Hall–Kier alpha value is -2.63. The van der Waals surface area contributed by atoms with Crippen molar-refractivity contribution in [2.75, 3.05) is 13.2 Å². The molecule has 0 heterocycles. The molecule has 0 amide bonds. The van der Waals surface area contributed by atoms with Crippen LogP contribution in [-0.2, 0) is 28.6 Å². The summed E-state index contributed by atoms with van der Waals surface area (Å²) < 4.78 is 16.9. The second-order valence-electron chi connectivity index (χ2n) is 24.1. The number of ether oxygens (including phenoxy) is 3. The Kier molecular flexibility index (Phi) is 66.6. The van der Waals surface area contributed by atoms with E-state index in [-0.39, 0.29) is 31.1 Å². The van der Waals surface area contributed by atoms with Crippen molar-refractivity contribution >= 4 is 17.9 Å². The molecule has 0 aliphatic carbocycles. The predicted octanol–water partition coefficient (Wildman–Crippen LogP) is 24.5. The van der Waals surface area contributed by atoms with E-state index in [2.05, 4.69) is 69.4 Å². The van der Waals surface area contributed by atoms with Gasteiger partial charge in [0.2, 0.25) is 0 Å². The first-order valence-electron chi connectivity index (χ1n) is 35.6. The SMILES string of the molecule is CC/C=C\C/C=C\C/C=C\CCCCCCCC(=O)OC(COC(=O)CCCCCCC/C=C\CCCCCCC)COC(=O)CCCCCCCCCCCCCCCCCCCCCCCCCCCCCCCCCCC. The molecule has 0 rings (SSSR count). The second kappa shape index (κ2) is 68.9. The lowest BCUT2D eigenvalue weighted by molar-refractivity contribution is -0.167. The lowest BCUT2D eigenvalue weighted by Gasteiger charge is -2.18. The van der Waals surface area contributed by atoms with E-state index < -0.39 is 6.10 Å². The molecular formula is C74H136O6. The first kappa shape index (κ1) is 77.4. The predicted molar refractivity (Wildman–Crippen MR) is 349 cm³/mol. The third-order valence-corrected chi connectivity index (χ3v) is 16.1. The molecular weight excluding hydrogens is 985 g/mol. The molecule has 0 aromatic carbocycles. The van der Waals surface area contributed by atoms with Gasteiger partial charge in [0, 0.05) is 19.3 Å². The smallest absolute Gasteiger partial charge is 0.306 e.